The number of rotatable bonds is 5. The van der Waals surface area contributed by atoms with Crippen LogP contribution >= 0.6 is 0 Å². The van der Waals surface area contributed by atoms with Crippen molar-refractivity contribution in [2.24, 2.45) is 5.92 Å². The average molecular weight is 276 g/mol. The van der Waals surface area contributed by atoms with Gasteiger partial charge in [0, 0.05) is 17.1 Å². The fourth-order valence-electron chi connectivity index (χ4n) is 2.34. The summed E-state index contributed by atoms with van der Waals surface area (Å²) in [5.74, 6) is 2.34. The minimum atomic E-state index is -0.941. The molecule has 0 N–H and O–H groups in total. The number of hydrogen-bond acceptors (Lipinski definition) is 4. The van der Waals surface area contributed by atoms with Gasteiger partial charge >= 0.3 is 0 Å². The molecule has 1 aliphatic carbocycles. The summed E-state index contributed by atoms with van der Waals surface area (Å²) in [4.78, 5) is 4.42. The van der Waals surface area contributed by atoms with E-state index < -0.39 is 10.8 Å². The fraction of sp³-hybridized carbons (Fsp3) is 0.429. The molecule has 1 aromatic heterocycles. The number of aromatic nitrogens is 2. The van der Waals surface area contributed by atoms with Crippen LogP contribution < -0.4 is 0 Å². The van der Waals surface area contributed by atoms with Gasteiger partial charge in [-0.15, -0.1) is 0 Å². The van der Waals surface area contributed by atoms with E-state index in [1.54, 1.807) is 6.26 Å². The van der Waals surface area contributed by atoms with Crippen molar-refractivity contribution < 1.29 is 8.73 Å². The molecule has 0 aliphatic heterocycles. The third-order valence-electron chi connectivity index (χ3n) is 3.33. The molecule has 2 atom stereocenters. The lowest BCUT2D eigenvalue weighted by Gasteiger charge is -2.11. The van der Waals surface area contributed by atoms with E-state index in [0.29, 0.717) is 23.4 Å². The van der Waals surface area contributed by atoms with Crippen LogP contribution in [0.15, 0.2) is 34.9 Å². The summed E-state index contributed by atoms with van der Waals surface area (Å²) >= 11 is 0. The van der Waals surface area contributed by atoms with Crippen molar-refractivity contribution in [1.29, 1.82) is 0 Å². The average Bonchev–Trinajstić information content (AvgIpc) is 3.12. The molecule has 5 heteroatoms. The van der Waals surface area contributed by atoms with Gasteiger partial charge in [-0.1, -0.05) is 35.5 Å². The zero-order valence-corrected chi connectivity index (χ0v) is 11.6. The van der Waals surface area contributed by atoms with Crippen molar-refractivity contribution in [2.75, 3.05) is 6.26 Å². The maximum atomic E-state index is 11.2. The highest BCUT2D eigenvalue weighted by Crippen LogP contribution is 2.45. The van der Waals surface area contributed by atoms with Gasteiger partial charge in [-0.25, -0.2) is 0 Å². The summed E-state index contributed by atoms with van der Waals surface area (Å²) in [5.41, 5.74) is 1.22. The molecule has 0 radical (unpaired) electrons. The molecule has 1 fully saturated rings. The van der Waals surface area contributed by atoms with Gasteiger partial charge in [0.1, 0.15) is 0 Å². The standard InChI is InChI=1S/C14H16N2O2S/c1-19(17)9-12-15-14(18-16-12)13(11-7-8-11)10-5-3-2-4-6-10/h2-6,11,13H,7-9H2,1H3/t13-,19+/m1/s1. The van der Waals surface area contributed by atoms with E-state index >= 15 is 0 Å². The quantitative estimate of drug-likeness (QED) is 0.842. The minimum Gasteiger partial charge on any atom is -0.339 e. The molecule has 1 aliphatic rings. The monoisotopic (exact) mass is 276 g/mol. The van der Waals surface area contributed by atoms with Crippen LogP contribution in [0.1, 0.15) is 36.0 Å². The first kappa shape index (κ1) is 12.5. The Morgan fingerprint density at radius 2 is 2.11 bits per heavy atom. The summed E-state index contributed by atoms with van der Waals surface area (Å²) in [5, 5.41) is 3.93. The lowest BCUT2D eigenvalue weighted by Crippen LogP contribution is -2.04. The first-order valence-corrected chi connectivity index (χ1v) is 8.14. The van der Waals surface area contributed by atoms with Gasteiger partial charge in [0.15, 0.2) is 5.82 Å². The number of benzene rings is 1. The molecule has 4 nitrogen and oxygen atoms in total. The van der Waals surface area contributed by atoms with Gasteiger partial charge in [-0.2, -0.15) is 4.98 Å². The SMILES string of the molecule is C[S@](=O)Cc1noc([C@H](c2ccccc2)C2CC2)n1. The van der Waals surface area contributed by atoms with Crippen LogP contribution in [0.2, 0.25) is 0 Å². The third-order valence-corrected chi connectivity index (χ3v) is 4.00. The maximum Gasteiger partial charge on any atom is 0.234 e. The Morgan fingerprint density at radius 3 is 2.74 bits per heavy atom. The fourth-order valence-corrected chi connectivity index (χ4v) is 2.82. The topological polar surface area (TPSA) is 56.0 Å². The van der Waals surface area contributed by atoms with Crippen molar-refractivity contribution in [3.8, 4) is 0 Å². The lowest BCUT2D eigenvalue weighted by atomic mass is 9.94. The zero-order chi connectivity index (χ0) is 13.2. The Hall–Kier alpha value is -1.49. The van der Waals surface area contributed by atoms with E-state index in [-0.39, 0.29) is 5.92 Å². The number of nitrogens with zero attached hydrogens (tertiary/aromatic N) is 2. The number of hydrogen-bond donors (Lipinski definition) is 0. The van der Waals surface area contributed by atoms with Crippen molar-refractivity contribution in [1.82, 2.24) is 10.1 Å². The summed E-state index contributed by atoms with van der Waals surface area (Å²) < 4.78 is 16.6. The van der Waals surface area contributed by atoms with Crippen molar-refractivity contribution in [3.05, 3.63) is 47.6 Å². The minimum absolute atomic E-state index is 0.188. The second kappa shape index (κ2) is 5.25. The highest BCUT2D eigenvalue weighted by atomic mass is 32.2. The van der Waals surface area contributed by atoms with E-state index in [0.717, 1.165) is 0 Å². The second-order valence-corrected chi connectivity index (χ2v) is 6.43. The molecule has 0 spiro atoms. The Labute approximate surface area is 114 Å². The van der Waals surface area contributed by atoms with Crippen molar-refractivity contribution in [3.63, 3.8) is 0 Å². The van der Waals surface area contributed by atoms with E-state index in [1.165, 1.54) is 18.4 Å². The van der Waals surface area contributed by atoms with Crippen LogP contribution in [-0.4, -0.2) is 20.6 Å². The van der Waals surface area contributed by atoms with Gasteiger partial charge < -0.3 is 4.52 Å². The maximum absolute atomic E-state index is 11.2. The van der Waals surface area contributed by atoms with Crippen molar-refractivity contribution in [2.45, 2.75) is 24.5 Å². The molecule has 0 unspecified atom stereocenters. The molecule has 19 heavy (non-hydrogen) atoms. The summed E-state index contributed by atoms with van der Waals surface area (Å²) in [6.45, 7) is 0. The Bertz CT molecular complexity index is 578. The second-order valence-electron chi connectivity index (χ2n) is 4.99. The van der Waals surface area contributed by atoms with Crippen LogP contribution in [0.3, 0.4) is 0 Å². The summed E-state index contributed by atoms with van der Waals surface area (Å²) in [6.07, 6.45) is 4.06. The molecule has 0 amide bonds. The van der Waals surface area contributed by atoms with Gasteiger partial charge in [-0.05, 0) is 24.3 Å². The molecular weight excluding hydrogens is 260 g/mol. The molecule has 1 saturated carbocycles. The molecule has 0 bridgehead atoms. The highest BCUT2D eigenvalue weighted by molar-refractivity contribution is 7.83. The summed E-state index contributed by atoms with van der Waals surface area (Å²) in [6, 6.07) is 10.3. The Morgan fingerprint density at radius 1 is 1.37 bits per heavy atom. The van der Waals surface area contributed by atoms with Gasteiger partial charge in [0.25, 0.3) is 0 Å². The molecule has 3 rings (SSSR count). The lowest BCUT2D eigenvalue weighted by molar-refractivity contribution is 0.353. The smallest absolute Gasteiger partial charge is 0.234 e. The van der Waals surface area contributed by atoms with E-state index in [4.69, 9.17) is 4.52 Å². The first-order valence-electron chi connectivity index (χ1n) is 6.41. The normalized spacial score (nSPS) is 18.2. The van der Waals surface area contributed by atoms with E-state index in [9.17, 15) is 4.21 Å². The zero-order valence-electron chi connectivity index (χ0n) is 10.8. The Kier molecular flexibility index (Phi) is 3.46. The van der Waals surface area contributed by atoms with Crippen LogP contribution in [0.4, 0.5) is 0 Å². The predicted octanol–water partition coefficient (Wildman–Crippen LogP) is 2.49. The highest BCUT2D eigenvalue weighted by Gasteiger charge is 2.37. The predicted molar refractivity (Wildman–Crippen MR) is 73.1 cm³/mol. The summed E-state index contributed by atoms with van der Waals surface area (Å²) in [7, 11) is -0.941. The molecule has 0 saturated heterocycles. The van der Waals surface area contributed by atoms with Crippen LogP contribution in [0.5, 0.6) is 0 Å². The van der Waals surface area contributed by atoms with Gasteiger partial charge in [0.05, 0.1) is 11.7 Å². The van der Waals surface area contributed by atoms with E-state index in [2.05, 4.69) is 22.3 Å². The molecule has 2 aromatic rings. The molecule has 1 aromatic carbocycles. The van der Waals surface area contributed by atoms with Crippen LogP contribution in [0, 0.1) is 5.92 Å². The van der Waals surface area contributed by atoms with Crippen LogP contribution in [0.25, 0.3) is 0 Å². The molecule has 100 valence electrons. The van der Waals surface area contributed by atoms with Crippen molar-refractivity contribution >= 4 is 10.8 Å². The molecule has 1 heterocycles. The van der Waals surface area contributed by atoms with Crippen LogP contribution in [-0.2, 0) is 16.6 Å². The van der Waals surface area contributed by atoms with E-state index in [1.807, 2.05) is 18.2 Å². The largest absolute Gasteiger partial charge is 0.339 e. The third kappa shape index (κ3) is 2.92. The Balaban J connectivity index is 1.88. The van der Waals surface area contributed by atoms with Gasteiger partial charge in [0.2, 0.25) is 5.89 Å². The first-order chi connectivity index (χ1) is 9.24. The van der Waals surface area contributed by atoms with Gasteiger partial charge in [-0.3, -0.25) is 4.21 Å². The molecular formula is C14H16N2O2S.